The number of ether oxygens (including phenoxy) is 1. The highest BCUT2D eigenvalue weighted by molar-refractivity contribution is 6.31. The van der Waals surface area contributed by atoms with E-state index in [2.05, 4.69) is 10.3 Å². The zero-order chi connectivity index (χ0) is 14.5. The van der Waals surface area contributed by atoms with Gasteiger partial charge in [-0.25, -0.2) is 13.8 Å². The lowest BCUT2D eigenvalue weighted by molar-refractivity contribution is 0.447. The monoisotopic (exact) mass is 298 g/mol. The van der Waals surface area contributed by atoms with Crippen molar-refractivity contribution in [1.29, 1.82) is 0 Å². The minimum atomic E-state index is -0.968. The molecule has 0 aliphatic heterocycles. The van der Waals surface area contributed by atoms with Crippen molar-refractivity contribution in [2.24, 2.45) is 0 Å². The molecule has 3 nitrogen and oxygen atoms in total. The highest BCUT2D eigenvalue weighted by Gasteiger charge is 2.07. The van der Waals surface area contributed by atoms with Gasteiger partial charge in [0.15, 0.2) is 11.6 Å². The van der Waals surface area contributed by atoms with E-state index in [0.29, 0.717) is 11.6 Å². The molecule has 2 rings (SSSR count). The third-order valence-electron chi connectivity index (χ3n) is 2.59. The highest BCUT2D eigenvalue weighted by atomic mass is 35.5. The Hall–Kier alpha value is -1.72. The van der Waals surface area contributed by atoms with Crippen LogP contribution in [0.4, 0.5) is 8.78 Å². The van der Waals surface area contributed by atoms with Gasteiger partial charge in [0.05, 0.1) is 5.02 Å². The lowest BCUT2D eigenvalue weighted by atomic mass is 10.2. The summed E-state index contributed by atoms with van der Waals surface area (Å²) in [5.74, 6) is -1.44. The molecule has 20 heavy (non-hydrogen) atoms. The van der Waals surface area contributed by atoms with E-state index < -0.39 is 11.6 Å². The number of nitrogens with one attached hydrogen (secondary N) is 1. The maximum atomic E-state index is 13.1. The Morgan fingerprint density at radius 3 is 2.75 bits per heavy atom. The molecular weight excluding hydrogens is 286 g/mol. The number of aromatic nitrogens is 1. The standard InChI is InChI=1S/C14H13ClF2N2O/c1-2-18-7-9-5-14(19-8-11(9)15)20-10-3-4-12(16)13(17)6-10/h3-6,8,18H,2,7H2,1H3. The van der Waals surface area contributed by atoms with Crippen LogP contribution in [-0.2, 0) is 6.54 Å². The lowest BCUT2D eigenvalue weighted by Crippen LogP contribution is -2.12. The normalized spacial score (nSPS) is 10.6. The number of rotatable bonds is 5. The third kappa shape index (κ3) is 3.65. The molecule has 1 N–H and O–H groups in total. The highest BCUT2D eigenvalue weighted by Crippen LogP contribution is 2.25. The van der Waals surface area contributed by atoms with Gasteiger partial charge >= 0.3 is 0 Å². The second kappa shape index (κ2) is 6.63. The molecule has 1 heterocycles. The van der Waals surface area contributed by atoms with Crippen molar-refractivity contribution >= 4 is 11.6 Å². The van der Waals surface area contributed by atoms with Gasteiger partial charge in [-0.15, -0.1) is 0 Å². The first-order chi connectivity index (χ1) is 9.60. The van der Waals surface area contributed by atoms with Crippen molar-refractivity contribution in [2.75, 3.05) is 6.54 Å². The average molecular weight is 299 g/mol. The molecule has 2 aromatic rings. The van der Waals surface area contributed by atoms with Crippen LogP contribution in [0.5, 0.6) is 11.6 Å². The van der Waals surface area contributed by atoms with Crippen LogP contribution in [0.1, 0.15) is 12.5 Å². The van der Waals surface area contributed by atoms with Crippen LogP contribution in [-0.4, -0.2) is 11.5 Å². The largest absolute Gasteiger partial charge is 0.439 e. The van der Waals surface area contributed by atoms with Crippen LogP contribution in [0, 0.1) is 11.6 Å². The summed E-state index contributed by atoms with van der Waals surface area (Å²) in [6.45, 7) is 3.36. The summed E-state index contributed by atoms with van der Waals surface area (Å²) < 4.78 is 31.3. The molecule has 0 fully saturated rings. The van der Waals surface area contributed by atoms with Crippen molar-refractivity contribution in [3.63, 3.8) is 0 Å². The first-order valence-electron chi connectivity index (χ1n) is 6.08. The quantitative estimate of drug-likeness (QED) is 0.908. The fraction of sp³-hybridized carbons (Fsp3) is 0.214. The van der Waals surface area contributed by atoms with Gasteiger partial charge in [0.25, 0.3) is 0 Å². The second-order valence-corrected chi connectivity index (χ2v) is 4.48. The predicted molar refractivity (Wildman–Crippen MR) is 73.1 cm³/mol. The summed E-state index contributed by atoms with van der Waals surface area (Å²) in [5.41, 5.74) is 0.820. The topological polar surface area (TPSA) is 34.1 Å². The van der Waals surface area contributed by atoms with E-state index in [1.54, 1.807) is 6.07 Å². The van der Waals surface area contributed by atoms with Gasteiger partial charge in [-0.05, 0) is 24.2 Å². The molecule has 1 aromatic heterocycles. The molecule has 0 unspecified atom stereocenters. The molecule has 0 bridgehead atoms. The number of halogens is 3. The van der Waals surface area contributed by atoms with Crippen molar-refractivity contribution in [2.45, 2.75) is 13.5 Å². The Morgan fingerprint density at radius 1 is 1.25 bits per heavy atom. The van der Waals surface area contributed by atoms with Gasteiger partial charge in [0.2, 0.25) is 5.88 Å². The third-order valence-corrected chi connectivity index (χ3v) is 2.93. The first-order valence-corrected chi connectivity index (χ1v) is 6.46. The SMILES string of the molecule is CCNCc1cc(Oc2ccc(F)c(F)c2)ncc1Cl. The van der Waals surface area contributed by atoms with Crippen LogP contribution in [0.15, 0.2) is 30.5 Å². The van der Waals surface area contributed by atoms with Gasteiger partial charge in [-0.1, -0.05) is 18.5 Å². The van der Waals surface area contributed by atoms with Crippen LogP contribution < -0.4 is 10.1 Å². The molecule has 0 spiro atoms. The van der Waals surface area contributed by atoms with Crippen LogP contribution >= 0.6 is 11.6 Å². The molecule has 0 saturated heterocycles. The summed E-state index contributed by atoms with van der Waals surface area (Å²) in [4.78, 5) is 4.00. The minimum absolute atomic E-state index is 0.174. The van der Waals surface area contributed by atoms with E-state index in [1.165, 1.54) is 12.3 Å². The molecule has 0 atom stereocenters. The fourth-order valence-electron chi connectivity index (χ4n) is 1.57. The predicted octanol–water partition coefficient (Wildman–Crippen LogP) is 3.92. The van der Waals surface area contributed by atoms with Crippen molar-refractivity contribution in [3.05, 3.63) is 52.7 Å². The second-order valence-electron chi connectivity index (χ2n) is 4.07. The summed E-state index contributed by atoms with van der Waals surface area (Å²) in [5, 5.41) is 3.65. The Balaban J connectivity index is 2.18. The van der Waals surface area contributed by atoms with Gasteiger partial charge in [-0.3, -0.25) is 0 Å². The smallest absolute Gasteiger partial charge is 0.219 e. The van der Waals surface area contributed by atoms with Crippen molar-refractivity contribution in [1.82, 2.24) is 10.3 Å². The summed E-state index contributed by atoms with van der Waals surface area (Å²) in [7, 11) is 0. The van der Waals surface area contributed by atoms with E-state index in [4.69, 9.17) is 16.3 Å². The van der Waals surface area contributed by atoms with Gasteiger partial charge < -0.3 is 10.1 Å². The summed E-state index contributed by atoms with van der Waals surface area (Å²) in [6.07, 6.45) is 1.46. The first kappa shape index (κ1) is 14.7. The van der Waals surface area contributed by atoms with E-state index in [-0.39, 0.29) is 11.6 Å². The molecule has 0 aliphatic rings. The van der Waals surface area contributed by atoms with Crippen LogP contribution in [0.3, 0.4) is 0 Å². The molecule has 0 radical (unpaired) electrons. The fourth-order valence-corrected chi connectivity index (χ4v) is 1.74. The Morgan fingerprint density at radius 2 is 2.05 bits per heavy atom. The Labute approximate surface area is 120 Å². The van der Waals surface area contributed by atoms with E-state index in [9.17, 15) is 8.78 Å². The zero-order valence-electron chi connectivity index (χ0n) is 10.8. The van der Waals surface area contributed by atoms with Crippen molar-refractivity contribution < 1.29 is 13.5 Å². The van der Waals surface area contributed by atoms with Gasteiger partial charge in [0, 0.05) is 24.9 Å². The number of hydrogen-bond donors (Lipinski definition) is 1. The number of pyridine rings is 1. The molecule has 1 aromatic carbocycles. The van der Waals surface area contributed by atoms with E-state index in [0.717, 1.165) is 24.2 Å². The molecule has 106 valence electrons. The Kier molecular flexibility index (Phi) is 4.87. The molecule has 0 saturated carbocycles. The van der Waals surface area contributed by atoms with Crippen LogP contribution in [0.2, 0.25) is 5.02 Å². The number of benzene rings is 1. The van der Waals surface area contributed by atoms with Gasteiger partial charge in [0.1, 0.15) is 5.75 Å². The van der Waals surface area contributed by atoms with Gasteiger partial charge in [-0.2, -0.15) is 0 Å². The molecule has 0 aliphatic carbocycles. The maximum Gasteiger partial charge on any atom is 0.219 e. The number of hydrogen-bond acceptors (Lipinski definition) is 3. The molecular formula is C14H13ClF2N2O. The average Bonchev–Trinajstić information content (AvgIpc) is 2.43. The van der Waals surface area contributed by atoms with Crippen molar-refractivity contribution in [3.8, 4) is 11.6 Å². The molecule has 6 heteroatoms. The lowest BCUT2D eigenvalue weighted by Gasteiger charge is -2.09. The summed E-state index contributed by atoms with van der Waals surface area (Å²) in [6, 6.07) is 4.96. The minimum Gasteiger partial charge on any atom is -0.439 e. The van der Waals surface area contributed by atoms with Crippen LogP contribution in [0.25, 0.3) is 0 Å². The molecule has 0 amide bonds. The Bertz CT molecular complexity index is 608. The zero-order valence-corrected chi connectivity index (χ0v) is 11.5. The van der Waals surface area contributed by atoms with E-state index >= 15 is 0 Å². The summed E-state index contributed by atoms with van der Waals surface area (Å²) >= 11 is 6.01. The number of nitrogens with zero attached hydrogens (tertiary/aromatic N) is 1. The maximum absolute atomic E-state index is 13.1. The van der Waals surface area contributed by atoms with E-state index in [1.807, 2.05) is 6.92 Å².